The number of benzene rings is 10. The Balaban J connectivity index is 1.08. The summed E-state index contributed by atoms with van der Waals surface area (Å²) in [5.41, 5.74) is 11.9. The molecule has 296 valence electrons. The van der Waals surface area contributed by atoms with Crippen molar-refractivity contribution in [3.05, 3.63) is 255 Å². The molecule has 0 atom stereocenters. The Hall–Kier alpha value is -7.98. The van der Waals surface area contributed by atoms with Crippen LogP contribution in [0.4, 0.5) is 0 Å². The average molecular weight is 819 g/mol. The Morgan fingerprint density at radius 1 is 0.238 bits per heavy atom. The minimum atomic E-state index is -2.78. The SMILES string of the molecule is c1ccc(-c2ccccc2-c2ccc(-n3c4ccccc4c4ccc(-n5c6ccccc6c6ccc([Si](c7ccccc7)(c7ccccc7)c7ccccc7)cc65)cc43)cc2)cc1. The first kappa shape index (κ1) is 36.8. The highest BCUT2D eigenvalue weighted by molar-refractivity contribution is 7.20. The molecule has 2 aromatic heterocycles. The third-order valence-electron chi connectivity index (χ3n) is 13.1. The maximum atomic E-state index is 2.51. The van der Waals surface area contributed by atoms with Crippen LogP contribution in [-0.4, -0.2) is 17.2 Å². The van der Waals surface area contributed by atoms with Crippen molar-refractivity contribution >= 4 is 72.4 Å². The predicted octanol–water partition coefficient (Wildman–Crippen LogP) is 12.6. The second-order valence-corrected chi connectivity index (χ2v) is 20.3. The quantitative estimate of drug-likeness (QED) is 0.107. The van der Waals surface area contributed by atoms with Crippen molar-refractivity contribution in [3.63, 3.8) is 0 Å². The van der Waals surface area contributed by atoms with Gasteiger partial charge in [0.2, 0.25) is 0 Å². The molecular formula is C60H42N2Si. The van der Waals surface area contributed by atoms with Crippen LogP contribution in [0.25, 0.3) is 77.2 Å². The lowest BCUT2D eigenvalue weighted by atomic mass is 9.94. The van der Waals surface area contributed by atoms with E-state index >= 15 is 0 Å². The van der Waals surface area contributed by atoms with Crippen molar-refractivity contribution in [1.82, 2.24) is 9.13 Å². The molecule has 0 saturated heterocycles. The molecule has 2 nitrogen and oxygen atoms in total. The van der Waals surface area contributed by atoms with Crippen molar-refractivity contribution in [2.45, 2.75) is 0 Å². The van der Waals surface area contributed by atoms with E-state index in [0.29, 0.717) is 0 Å². The van der Waals surface area contributed by atoms with Crippen molar-refractivity contribution in [1.29, 1.82) is 0 Å². The lowest BCUT2D eigenvalue weighted by Gasteiger charge is -2.34. The summed E-state index contributed by atoms with van der Waals surface area (Å²) >= 11 is 0. The fourth-order valence-corrected chi connectivity index (χ4v) is 15.1. The van der Waals surface area contributed by atoms with Gasteiger partial charge in [0, 0.05) is 32.9 Å². The van der Waals surface area contributed by atoms with Crippen LogP contribution < -0.4 is 20.7 Å². The lowest BCUT2D eigenvalue weighted by molar-refractivity contribution is 1.15. The van der Waals surface area contributed by atoms with E-state index in [2.05, 4.69) is 264 Å². The summed E-state index contributed by atoms with van der Waals surface area (Å²) in [5, 5.41) is 10.4. The molecule has 63 heavy (non-hydrogen) atoms. The number of hydrogen-bond acceptors (Lipinski definition) is 0. The molecule has 0 aliphatic heterocycles. The van der Waals surface area contributed by atoms with Crippen molar-refractivity contribution in [3.8, 4) is 33.6 Å². The number of nitrogens with zero attached hydrogens (tertiary/aromatic N) is 2. The molecule has 0 bridgehead atoms. The van der Waals surface area contributed by atoms with Gasteiger partial charge >= 0.3 is 0 Å². The molecule has 0 aliphatic carbocycles. The Bertz CT molecular complexity index is 3490. The normalized spacial score (nSPS) is 11.8. The van der Waals surface area contributed by atoms with Gasteiger partial charge in [-0.3, -0.25) is 0 Å². The van der Waals surface area contributed by atoms with E-state index in [4.69, 9.17) is 0 Å². The van der Waals surface area contributed by atoms with E-state index in [1.54, 1.807) is 0 Å². The summed E-state index contributed by atoms with van der Waals surface area (Å²) in [5.74, 6) is 0. The van der Waals surface area contributed by atoms with E-state index in [0.717, 1.165) is 11.4 Å². The smallest absolute Gasteiger partial charge is 0.179 e. The standard InChI is InChI=1S/C60H42N2Si/c1-5-19-43(20-6-1)51-27-13-14-28-52(51)44-33-35-45(36-34-44)61-57-31-17-15-29-53(57)55-39-37-46(41-59(55)61)62-58-32-18-16-30-54(58)56-40-38-50(42-60(56)62)63(47-21-7-2-8-22-47,48-23-9-3-10-24-48)49-25-11-4-12-26-49/h1-42H. The maximum Gasteiger partial charge on any atom is 0.179 e. The fourth-order valence-electron chi connectivity index (χ4n) is 10.3. The summed E-state index contributed by atoms with van der Waals surface area (Å²) in [4.78, 5) is 0. The highest BCUT2D eigenvalue weighted by Gasteiger charge is 2.41. The van der Waals surface area contributed by atoms with Crippen LogP contribution in [0.1, 0.15) is 0 Å². The fraction of sp³-hybridized carbons (Fsp3) is 0. The first-order valence-electron chi connectivity index (χ1n) is 21.8. The van der Waals surface area contributed by atoms with Gasteiger partial charge in [-0.15, -0.1) is 0 Å². The molecule has 0 saturated carbocycles. The molecule has 0 amide bonds. The zero-order chi connectivity index (χ0) is 41.7. The summed E-state index contributed by atoms with van der Waals surface area (Å²) in [6, 6.07) is 94.2. The Labute approximate surface area is 368 Å². The van der Waals surface area contributed by atoms with Gasteiger partial charge in [0.1, 0.15) is 0 Å². The Morgan fingerprint density at radius 2 is 0.619 bits per heavy atom. The van der Waals surface area contributed by atoms with E-state index in [-0.39, 0.29) is 0 Å². The number of aromatic nitrogens is 2. The molecular weight excluding hydrogens is 777 g/mol. The van der Waals surface area contributed by atoms with Crippen molar-refractivity contribution in [2.75, 3.05) is 0 Å². The topological polar surface area (TPSA) is 9.86 Å². The van der Waals surface area contributed by atoms with Gasteiger partial charge in [-0.1, -0.05) is 212 Å². The van der Waals surface area contributed by atoms with Gasteiger partial charge in [-0.25, -0.2) is 0 Å². The van der Waals surface area contributed by atoms with Crippen LogP contribution in [0.3, 0.4) is 0 Å². The van der Waals surface area contributed by atoms with Gasteiger partial charge in [0.15, 0.2) is 8.07 Å². The van der Waals surface area contributed by atoms with Gasteiger partial charge in [0.25, 0.3) is 0 Å². The minimum absolute atomic E-state index is 1.13. The predicted molar refractivity (Wildman–Crippen MR) is 270 cm³/mol. The third kappa shape index (κ3) is 5.93. The van der Waals surface area contributed by atoms with Crippen molar-refractivity contribution in [2.24, 2.45) is 0 Å². The molecule has 0 spiro atoms. The van der Waals surface area contributed by atoms with Crippen LogP contribution in [0.2, 0.25) is 0 Å². The molecule has 12 rings (SSSR count). The minimum Gasteiger partial charge on any atom is -0.309 e. The number of fused-ring (bicyclic) bond motifs is 6. The summed E-state index contributed by atoms with van der Waals surface area (Å²) < 4.78 is 4.94. The Kier molecular flexibility index (Phi) is 8.87. The highest BCUT2D eigenvalue weighted by atomic mass is 28.3. The molecule has 0 fully saturated rings. The molecule has 0 N–H and O–H groups in total. The number of rotatable bonds is 8. The number of hydrogen-bond donors (Lipinski definition) is 0. The summed E-state index contributed by atoms with van der Waals surface area (Å²) in [6.07, 6.45) is 0. The van der Waals surface area contributed by atoms with E-state index in [1.807, 2.05) is 0 Å². The first-order valence-corrected chi connectivity index (χ1v) is 23.8. The molecule has 10 aromatic carbocycles. The van der Waals surface area contributed by atoms with Gasteiger partial charge in [-0.05, 0) is 85.5 Å². The van der Waals surface area contributed by atoms with Crippen molar-refractivity contribution < 1.29 is 0 Å². The lowest BCUT2D eigenvalue weighted by Crippen LogP contribution is -2.74. The molecule has 0 radical (unpaired) electrons. The molecule has 2 heterocycles. The van der Waals surface area contributed by atoms with E-state index < -0.39 is 8.07 Å². The average Bonchev–Trinajstić information content (AvgIpc) is 3.88. The highest BCUT2D eigenvalue weighted by Crippen LogP contribution is 2.38. The van der Waals surface area contributed by atoms with Crippen LogP contribution in [0, 0.1) is 0 Å². The second-order valence-electron chi connectivity index (χ2n) is 16.4. The monoisotopic (exact) mass is 818 g/mol. The zero-order valence-electron chi connectivity index (χ0n) is 34.6. The van der Waals surface area contributed by atoms with Crippen LogP contribution in [0.5, 0.6) is 0 Å². The number of para-hydroxylation sites is 2. The van der Waals surface area contributed by atoms with E-state index in [9.17, 15) is 0 Å². The van der Waals surface area contributed by atoms with Gasteiger partial charge in [-0.2, -0.15) is 0 Å². The molecule has 0 unspecified atom stereocenters. The Morgan fingerprint density at radius 3 is 1.16 bits per heavy atom. The van der Waals surface area contributed by atoms with Crippen LogP contribution in [0.15, 0.2) is 255 Å². The molecule has 0 aliphatic rings. The van der Waals surface area contributed by atoms with E-state index in [1.165, 1.54) is 86.6 Å². The largest absolute Gasteiger partial charge is 0.309 e. The zero-order valence-corrected chi connectivity index (χ0v) is 35.6. The second kappa shape index (κ2) is 15.2. The third-order valence-corrected chi connectivity index (χ3v) is 17.9. The van der Waals surface area contributed by atoms with Crippen LogP contribution >= 0.6 is 0 Å². The summed E-state index contributed by atoms with van der Waals surface area (Å²) in [6.45, 7) is 0. The molecule has 3 heteroatoms. The van der Waals surface area contributed by atoms with Gasteiger partial charge in [0.05, 0.1) is 22.1 Å². The van der Waals surface area contributed by atoms with Gasteiger partial charge < -0.3 is 9.13 Å². The maximum absolute atomic E-state index is 2.78. The van der Waals surface area contributed by atoms with Crippen LogP contribution in [-0.2, 0) is 0 Å². The summed E-state index contributed by atoms with van der Waals surface area (Å²) in [7, 11) is -2.78. The molecule has 12 aromatic rings. The first-order chi connectivity index (χ1) is 31.3.